The molecule has 102 valence electrons. The van der Waals surface area contributed by atoms with Gasteiger partial charge in [0.15, 0.2) is 0 Å². The van der Waals surface area contributed by atoms with Crippen molar-refractivity contribution in [1.82, 2.24) is 5.32 Å². The number of fused-ring (bicyclic) bond motifs is 1. The summed E-state index contributed by atoms with van der Waals surface area (Å²) in [6.07, 6.45) is 2.03. The van der Waals surface area contributed by atoms with Gasteiger partial charge in [0.1, 0.15) is 11.3 Å². The second kappa shape index (κ2) is 5.47. The quantitative estimate of drug-likeness (QED) is 0.938. The van der Waals surface area contributed by atoms with Gasteiger partial charge in [0, 0.05) is 45.8 Å². The summed E-state index contributed by atoms with van der Waals surface area (Å²) in [5.74, 6) is 2.67. The van der Waals surface area contributed by atoms with E-state index in [1.165, 1.54) is 10.9 Å². The highest BCUT2D eigenvalue weighted by Crippen LogP contribution is 2.25. The Morgan fingerprint density at radius 2 is 2.05 bits per heavy atom. The van der Waals surface area contributed by atoms with Gasteiger partial charge in [0.05, 0.1) is 0 Å². The summed E-state index contributed by atoms with van der Waals surface area (Å²) < 4.78 is 17.1. The van der Waals surface area contributed by atoms with Crippen LogP contribution in [-0.2, 0) is 17.3 Å². The molecule has 0 bridgehead atoms. The first-order chi connectivity index (χ1) is 9.24. The molecule has 0 unspecified atom stereocenters. The molecule has 3 rings (SSSR count). The van der Waals surface area contributed by atoms with Gasteiger partial charge in [-0.3, -0.25) is 4.21 Å². The Hall–Kier alpha value is -1.13. The molecule has 0 atom stereocenters. The van der Waals surface area contributed by atoms with Gasteiger partial charge in [-0.2, -0.15) is 0 Å². The highest BCUT2D eigenvalue weighted by molar-refractivity contribution is 7.85. The monoisotopic (exact) mass is 277 g/mol. The van der Waals surface area contributed by atoms with Crippen molar-refractivity contribution in [3.8, 4) is 0 Å². The second-order valence-electron chi connectivity index (χ2n) is 5.14. The summed E-state index contributed by atoms with van der Waals surface area (Å²) in [6.45, 7) is 2.85. The number of furan rings is 1. The predicted molar refractivity (Wildman–Crippen MR) is 78.7 cm³/mol. The van der Waals surface area contributed by atoms with E-state index in [1.807, 2.05) is 25.1 Å². The van der Waals surface area contributed by atoms with Crippen molar-refractivity contribution in [1.29, 1.82) is 0 Å². The van der Waals surface area contributed by atoms with Crippen molar-refractivity contribution >= 4 is 21.8 Å². The average Bonchev–Trinajstić information content (AvgIpc) is 2.74. The topological polar surface area (TPSA) is 42.2 Å². The fourth-order valence-corrected chi connectivity index (χ4v) is 3.98. The first-order valence-electron chi connectivity index (χ1n) is 6.79. The Morgan fingerprint density at radius 3 is 2.84 bits per heavy atom. The fraction of sp³-hybridized carbons (Fsp3) is 0.467. The smallest absolute Gasteiger partial charge is 0.134 e. The Bertz CT molecular complexity index is 595. The zero-order chi connectivity index (χ0) is 13.2. The molecule has 1 aromatic heterocycles. The molecular weight excluding hydrogens is 258 g/mol. The van der Waals surface area contributed by atoms with E-state index in [4.69, 9.17) is 4.42 Å². The van der Waals surface area contributed by atoms with Crippen molar-refractivity contribution in [2.24, 2.45) is 0 Å². The number of para-hydroxylation sites is 1. The standard InChI is InChI=1S/C15H19NO2S/c1-11-14(13-4-2-3-5-15(13)18-11)10-16-12-6-8-19(17)9-7-12/h2-5,12,16H,6-10H2,1H3. The first-order valence-corrected chi connectivity index (χ1v) is 8.28. The van der Waals surface area contributed by atoms with Crippen LogP contribution in [-0.4, -0.2) is 21.8 Å². The highest BCUT2D eigenvalue weighted by Gasteiger charge is 2.18. The summed E-state index contributed by atoms with van der Waals surface area (Å²) in [6, 6.07) is 8.66. The van der Waals surface area contributed by atoms with E-state index >= 15 is 0 Å². The van der Waals surface area contributed by atoms with Gasteiger partial charge in [-0.1, -0.05) is 18.2 Å². The van der Waals surface area contributed by atoms with Gasteiger partial charge >= 0.3 is 0 Å². The number of benzene rings is 1. The van der Waals surface area contributed by atoms with Crippen LogP contribution < -0.4 is 5.32 Å². The van der Waals surface area contributed by atoms with Crippen molar-refractivity contribution in [3.05, 3.63) is 35.6 Å². The SMILES string of the molecule is Cc1oc2ccccc2c1CNC1CCS(=O)CC1. The molecule has 0 radical (unpaired) electrons. The minimum absolute atomic E-state index is 0.491. The minimum atomic E-state index is -0.586. The molecule has 1 aromatic carbocycles. The first kappa shape index (κ1) is 12.9. The van der Waals surface area contributed by atoms with Crippen LogP contribution in [0, 0.1) is 6.92 Å². The number of hydrogen-bond acceptors (Lipinski definition) is 3. The average molecular weight is 277 g/mol. The number of rotatable bonds is 3. The molecular formula is C15H19NO2S. The summed E-state index contributed by atoms with van der Waals surface area (Å²) in [5, 5.41) is 4.78. The van der Waals surface area contributed by atoms with E-state index in [9.17, 15) is 4.21 Å². The third-order valence-electron chi connectivity index (χ3n) is 3.86. The Morgan fingerprint density at radius 1 is 1.32 bits per heavy atom. The molecule has 0 amide bonds. The van der Waals surface area contributed by atoms with Gasteiger partial charge in [0.2, 0.25) is 0 Å². The van der Waals surface area contributed by atoms with Gasteiger partial charge in [-0.25, -0.2) is 0 Å². The van der Waals surface area contributed by atoms with Crippen LogP contribution in [0.25, 0.3) is 11.0 Å². The molecule has 4 heteroatoms. The molecule has 1 saturated heterocycles. The van der Waals surface area contributed by atoms with Crippen molar-refractivity contribution in [3.63, 3.8) is 0 Å². The highest BCUT2D eigenvalue weighted by atomic mass is 32.2. The van der Waals surface area contributed by atoms with E-state index in [0.29, 0.717) is 6.04 Å². The van der Waals surface area contributed by atoms with Crippen molar-refractivity contribution in [2.45, 2.75) is 32.4 Å². The third-order valence-corrected chi connectivity index (χ3v) is 5.24. The zero-order valence-electron chi connectivity index (χ0n) is 11.1. The summed E-state index contributed by atoms with van der Waals surface area (Å²) >= 11 is 0. The van der Waals surface area contributed by atoms with E-state index in [-0.39, 0.29) is 0 Å². The predicted octanol–water partition coefficient (Wildman–Crippen LogP) is 2.74. The Labute approximate surface area is 115 Å². The van der Waals surface area contributed by atoms with Crippen LogP contribution in [0.15, 0.2) is 28.7 Å². The number of hydrogen-bond donors (Lipinski definition) is 1. The van der Waals surface area contributed by atoms with Gasteiger partial charge in [-0.15, -0.1) is 0 Å². The lowest BCUT2D eigenvalue weighted by molar-refractivity contribution is 0.471. The van der Waals surface area contributed by atoms with Gasteiger partial charge < -0.3 is 9.73 Å². The van der Waals surface area contributed by atoms with Crippen LogP contribution in [0.1, 0.15) is 24.2 Å². The molecule has 0 spiro atoms. The zero-order valence-corrected chi connectivity index (χ0v) is 12.0. The molecule has 2 heterocycles. The summed E-state index contributed by atoms with van der Waals surface area (Å²) in [7, 11) is -0.586. The second-order valence-corrected chi connectivity index (χ2v) is 6.83. The molecule has 19 heavy (non-hydrogen) atoms. The number of aryl methyl sites for hydroxylation is 1. The molecule has 1 aliphatic heterocycles. The largest absolute Gasteiger partial charge is 0.461 e. The maximum Gasteiger partial charge on any atom is 0.134 e. The van der Waals surface area contributed by atoms with E-state index in [1.54, 1.807) is 0 Å². The third kappa shape index (κ3) is 2.74. The molecule has 0 aliphatic carbocycles. The van der Waals surface area contributed by atoms with Crippen LogP contribution in [0.2, 0.25) is 0 Å². The molecule has 0 saturated carbocycles. The van der Waals surface area contributed by atoms with Gasteiger partial charge in [-0.05, 0) is 25.8 Å². The Kier molecular flexibility index (Phi) is 3.71. The van der Waals surface area contributed by atoms with Crippen LogP contribution >= 0.6 is 0 Å². The Balaban J connectivity index is 1.71. The van der Waals surface area contributed by atoms with Crippen LogP contribution in [0.3, 0.4) is 0 Å². The number of nitrogens with one attached hydrogen (secondary N) is 1. The normalized spacial score (nSPS) is 23.8. The molecule has 1 fully saturated rings. The molecule has 1 N–H and O–H groups in total. The minimum Gasteiger partial charge on any atom is -0.461 e. The molecule has 1 aliphatic rings. The van der Waals surface area contributed by atoms with Crippen molar-refractivity contribution < 1.29 is 8.63 Å². The van der Waals surface area contributed by atoms with Gasteiger partial charge in [0.25, 0.3) is 0 Å². The van der Waals surface area contributed by atoms with E-state index in [2.05, 4.69) is 11.4 Å². The lowest BCUT2D eigenvalue weighted by Gasteiger charge is -2.22. The molecule has 3 nitrogen and oxygen atoms in total. The fourth-order valence-electron chi connectivity index (χ4n) is 2.69. The van der Waals surface area contributed by atoms with E-state index < -0.39 is 10.8 Å². The lowest BCUT2D eigenvalue weighted by Crippen LogP contribution is -2.35. The maximum atomic E-state index is 11.3. The van der Waals surface area contributed by atoms with Crippen molar-refractivity contribution in [2.75, 3.05) is 11.5 Å². The summed E-state index contributed by atoms with van der Waals surface area (Å²) in [5.41, 5.74) is 2.21. The van der Waals surface area contributed by atoms with Crippen LogP contribution in [0.5, 0.6) is 0 Å². The van der Waals surface area contributed by atoms with E-state index in [0.717, 1.165) is 42.2 Å². The van der Waals surface area contributed by atoms with Crippen LogP contribution in [0.4, 0.5) is 0 Å². The maximum absolute atomic E-state index is 11.3. The lowest BCUT2D eigenvalue weighted by atomic mass is 10.1. The molecule has 2 aromatic rings. The summed E-state index contributed by atoms with van der Waals surface area (Å²) in [4.78, 5) is 0.